The summed E-state index contributed by atoms with van der Waals surface area (Å²) < 4.78 is 10.7. The average molecular weight is 410 g/mol. The minimum atomic E-state index is 0.655. The fourth-order valence-corrected chi connectivity index (χ4v) is 3.79. The summed E-state index contributed by atoms with van der Waals surface area (Å²) in [6.45, 7) is 2.04. The van der Waals surface area contributed by atoms with Crippen molar-refractivity contribution in [1.29, 1.82) is 0 Å². The van der Waals surface area contributed by atoms with Crippen molar-refractivity contribution in [2.75, 3.05) is 32.2 Å². The van der Waals surface area contributed by atoms with E-state index in [1.807, 2.05) is 48.6 Å². The summed E-state index contributed by atoms with van der Waals surface area (Å²) in [5.41, 5.74) is 1.81. The predicted molar refractivity (Wildman–Crippen MR) is 119 cm³/mol. The van der Waals surface area contributed by atoms with Crippen LogP contribution in [0.15, 0.2) is 36.4 Å². The van der Waals surface area contributed by atoms with Gasteiger partial charge in [0.05, 0.1) is 19.7 Å². The van der Waals surface area contributed by atoms with Crippen molar-refractivity contribution in [2.45, 2.75) is 19.3 Å². The zero-order chi connectivity index (χ0) is 20.2. The molecule has 1 aliphatic rings. The molecule has 3 aromatic rings. The Hall–Kier alpha value is -2.79. The van der Waals surface area contributed by atoms with Gasteiger partial charge in [0.25, 0.3) is 0 Å². The lowest BCUT2D eigenvalue weighted by Gasteiger charge is -2.28. The first-order chi connectivity index (χ1) is 14.2. The van der Waals surface area contributed by atoms with E-state index in [2.05, 4.69) is 4.90 Å². The number of ether oxygens (including phenoxy) is 2. The van der Waals surface area contributed by atoms with E-state index in [4.69, 9.17) is 31.0 Å². The van der Waals surface area contributed by atoms with Crippen LogP contribution in [-0.2, 0) is 0 Å². The molecule has 6 heteroatoms. The number of piperidine rings is 1. The number of fused-ring (bicyclic) bond motifs is 1. The quantitative estimate of drug-likeness (QED) is 0.559. The van der Waals surface area contributed by atoms with E-state index in [1.165, 1.54) is 19.3 Å². The highest BCUT2D eigenvalue weighted by Crippen LogP contribution is 2.29. The normalized spacial score (nSPS) is 14.5. The Labute approximate surface area is 175 Å². The third-order valence-electron chi connectivity index (χ3n) is 5.11. The molecule has 0 bridgehead atoms. The number of rotatable bonds is 5. The third kappa shape index (κ3) is 4.46. The van der Waals surface area contributed by atoms with E-state index in [0.717, 1.165) is 46.9 Å². The van der Waals surface area contributed by atoms with E-state index >= 15 is 0 Å². The summed E-state index contributed by atoms with van der Waals surface area (Å²) in [7, 11) is 3.28. The van der Waals surface area contributed by atoms with Gasteiger partial charge in [-0.25, -0.2) is 9.97 Å². The molecule has 1 aliphatic heterocycles. The first-order valence-electron chi connectivity index (χ1n) is 9.79. The van der Waals surface area contributed by atoms with Crippen molar-refractivity contribution in [3.05, 3.63) is 52.8 Å². The summed E-state index contributed by atoms with van der Waals surface area (Å²) in [6.07, 6.45) is 7.54. The zero-order valence-electron chi connectivity index (χ0n) is 16.7. The van der Waals surface area contributed by atoms with E-state index in [1.54, 1.807) is 14.2 Å². The largest absolute Gasteiger partial charge is 0.497 e. The molecule has 1 fully saturated rings. The third-order valence-corrected chi connectivity index (χ3v) is 5.35. The molecule has 2 heterocycles. The van der Waals surface area contributed by atoms with E-state index in [9.17, 15) is 0 Å². The van der Waals surface area contributed by atoms with Crippen molar-refractivity contribution < 1.29 is 9.47 Å². The molecular weight excluding hydrogens is 386 g/mol. The second-order valence-corrected chi connectivity index (χ2v) is 7.53. The molecule has 0 saturated carbocycles. The van der Waals surface area contributed by atoms with Gasteiger partial charge in [0.2, 0.25) is 0 Å². The maximum absolute atomic E-state index is 6.23. The summed E-state index contributed by atoms with van der Waals surface area (Å²) in [4.78, 5) is 12.0. The molecule has 150 valence electrons. The summed E-state index contributed by atoms with van der Waals surface area (Å²) in [6, 6.07) is 11.6. The topological polar surface area (TPSA) is 47.5 Å². The maximum atomic E-state index is 6.23. The van der Waals surface area contributed by atoms with E-state index in [-0.39, 0.29) is 0 Å². The molecule has 4 rings (SSSR count). The Bertz CT molecular complexity index is 1020. The van der Waals surface area contributed by atoms with Crippen molar-refractivity contribution in [3.63, 3.8) is 0 Å². The number of hydrogen-bond donors (Lipinski definition) is 0. The van der Waals surface area contributed by atoms with Gasteiger partial charge >= 0.3 is 0 Å². The number of aromatic nitrogens is 2. The van der Waals surface area contributed by atoms with Crippen molar-refractivity contribution >= 4 is 40.5 Å². The lowest BCUT2D eigenvalue weighted by Crippen LogP contribution is -2.30. The molecule has 1 saturated heterocycles. The van der Waals surface area contributed by atoms with Crippen LogP contribution < -0.4 is 14.4 Å². The van der Waals surface area contributed by atoms with Crippen molar-refractivity contribution in [2.24, 2.45) is 0 Å². The number of methoxy groups -OCH3 is 2. The highest BCUT2D eigenvalue weighted by molar-refractivity contribution is 6.31. The smallest absolute Gasteiger partial charge is 0.154 e. The molecule has 0 aliphatic carbocycles. The van der Waals surface area contributed by atoms with Gasteiger partial charge in [-0.2, -0.15) is 0 Å². The molecule has 5 nitrogen and oxygen atoms in total. The van der Waals surface area contributed by atoms with Crippen molar-refractivity contribution in [3.8, 4) is 11.5 Å². The first kappa shape index (κ1) is 19.5. The van der Waals surface area contributed by atoms with Gasteiger partial charge in [-0.05, 0) is 61.2 Å². The molecule has 1 aromatic heterocycles. The number of hydrogen-bond acceptors (Lipinski definition) is 5. The molecule has 0 atom stereocenters. The molecule has 0 N–H and O–H groups in total. The summed E-state index contributed by atoms with van der Waals surface area (Å²) in [5, 5.41) is 1.71. The highest BCUT2D eigenvalue weighted by Gasteiger charge is 2.16. The van der Waals surface area contributed by atoms with Crippen LogP contribution in [0.2, 0.25) is 5.02 Å². The summed E-state index contributed by atoms with van der Waals surface area (Å²) in [5.74, 6) is 3.12. The second kappa shape index (κ2) is 8.70. The molecule has 2 aromatic carbocycles. The number of nitrogens with zero attached hydrogens (tertiary/aromatic N) is 3. The monoisotopic (exact) mass is 409 g/mol. The number of benzene rings is 2. The van der Waals surface area contributed by atoms with Gasteiger partial charge in [-0.3, -0.25) is 0 Å². The molecule has 0 spiro atoms. The Morgan fingerprint density at radius 2 is 1.62 bits per heavy atom. The van der Waals surface area contributed by atoms with Crippen molar-refractivity contribution in [1.82, 2.24) is 9.97 Å². The van der Waals surface area contributed by atoms with Crippen LogP contribution in [0.4, 0.5) is 5.82 Å². The zero-order valence-corrected chi connectivity index (χ0v) is 17.4. The average Bonchev–Trinajstić information content (AvgIpc) is 2.77. The van der Waals surface area contributed by atoms with Crippen LogP contribution in [0.3, 0.4) is 0 Å². The Kier molecular flexibility index (Phi) is 5.86. The van der Waals surface area contributed by atoms with Crippen LogP contribution in [0.25, 0.3) is 23.1 Å². The fraction of sp³-hybridized carbons (Fsp3) is 0.304. The SMILES string of the molecule is COc1cc(/C=C/c2nc(N3CCCCC3)c3ccc(Cl)cc3n2)cc(OC)c1. The van der Waals surface area contributed by atoms with E-state index < -0.39 is 0 Å². The first-order valence-corrected chi connectivity index (χ1v) is 10.2. The lowest BCUT2D eigenvalue weighted by molar-refractivity contribution is 0.394. The molecule has 29 heavy (non-hydrogen) atoms. The van der Waals surface area contributed by atoms with Gasteiger partial charge in [-0.15, -0.1) is 0 Å². The molecule has 0 amide bonds. The standard InChI is InChI=1S/C23H24ClN3O2/c1-28-18-12-16(13-19(15-18)29-2)6-9-22-25-21-14-17(24)7-8-20(21)23(26-22)27-10-4-3-5-11-27/h6-9,12-15H,3-5,10-11H2,1-2H3/b9-6+. The van der Waals surface area contributed by atoms with Crippen LogP contribution in [0, 0.1) is 0 Å². The molecular formula is C23H24ClN3O2. The van der Waals surface area contributed by atoms with Gasteiger partial charge in [0, 0.05) is 29.6 Å². The lowest BCUT2D eigenvalue weighted by atomic mass is 10.1. The Morgan fingerprint density at radius 3 is 2.31 bits per heavy atom. The minimum Gasteiger partial charge on any atom is -0.497 e. The van der Waals surface area contributed by atoms with Gasteiger partial charge < -0.3 is 14.4 Å². The van der Waals surface area contributed by atoms with Gasteiger partial charge in [-0.1, -0.05) is 17.7 Å². The van der Waals surface area contributed by atoms with Crippen LogP contribution >= 0.6 is 11.6 Å². The highest BCUT2D eigenvalue weighted by atomic mass is 35.5. The number of anilines is 1. The molecule has 0 radical (unpaired) electrons. The Morgan fingerprint density at radius 1 is 0.897 bits per heavy atom. The Balaban J connectivity index is 1.74. The van der Waals surface area contributed by atoms with Crippen LogP contribution in [0.1, 0.15) is 30.7 Å². The maximum Gasteiger partial charge on any atom is 0.154 e. The number of halogens is 1. The van der Waals surface area contributed by atoms with Gasteiger partial charge in [0.1, 0.15) is 17.3 Å². The van der Waals surface area contributed by atoms with Gasteiger partial charge in [0.15, 0.2) is 5.82 Å². The molecule has 0 unspecified atom stereocenters. The fourth-order valence-electron chi connectivity index (χ4n) is 3.62. The van der Waals surface area contributed by atoms with E-state index in [0.29, 0.717) is 10.8 Å². The summed E-state index contributed by atoms with van der Waals surface area (Å²) >= 11 is 6.23. The second-order valence-electron chi connectivity index (χ2n) is 7.09. The van der Waals surface area contributed by atoms with Crippen LogP contribution in [-0.4, -0.2) is 37.3 Å². The predicted octanol–water partition coefficient (Wildman–Crippen LogP) is 5.46. The minimum absolute atomic E-state index is 0.655. The van der Waals surface area contributed by atoms with Crippen LogP contribution in [0.5, 0.6) is 11.5 Å².